The number of rotatable bonds is 4. The Morgan fingerprint density at radius 3 is 2.37 bits per heavy atom. The SMILES string of the molecule is CS(=O)(=O)c1ccc(-c2csc(CC(N)=O)c2)cc1. The van der Waals surface area contributed by atoms with Gasteiger partial charge in [-0.2, -0.15) is 0 Å². The first kappa shape index (κ1) is 13.8. The highest BCUT2D eigenvalue weighted by atomic mass is 32.2. The Morgan fingerprint density at radius 2 is 1.84 bits per heavy atom. The predicted molar refractivity (Wildman–Crippen MR) is 75.8 cm³/mol. The normalized spacial score (nSPS) is 11.4. The second-order valence-corrected chi connectivity index (χ2v) is 7.25. The fourth-order valence-electron chi connectivity index (χ4n) is 1.69. The second kappa shape index (κ2) is 5.14. The molecule has 0 saturated heterocycles. The van der Waals surface area contributed by atoms with Crippen molar-refractivity contribution in [2.45, 2.75) is 11.3 Å². The number of hydrogen-bond donors (Lipinski definition) is 1. The third-order valence-electron chi connectivity index (χ3n) is 2.62. The Kier molecular flexibility index (Phi) is 3.73. The van der Waals surface area contributed by atoms with Gasteiger partial charge in [0.25, 0.3) is 0 Å². The van der Waals surface area contributed by atoms with Gasteiger partial charge in [-0.25, -0.2) is 8.42 Å². The maximum absolute atomic E-state index is 11.4. The van der Waals surface area contributed by atoms with E-state index in [4.69, 9.17) is 5.73 Å². The van der Waals surface area contributed by atoms with Crippen LogP contribution < -0.4 is 5.73 Å². The van der Waals surface area contributed by atoms with Crippen LogP contribution in [0.1, 0.15) is 4.88 Å². The first-order valence-corrected chi connectivity index (χ1v) is 8.29. The van der Waals surface area contributed by atoms with Crippen LogP contribution in [0, 0.1) is 0 Å². The highest BCUT2D eigenvalue weighted by Gasteiger charge is 2.08. The van der Waals surface area contributed by atoms with Crippen LogP contribution in [0.25, 0.3) is 11.1 Å². The van der Waals surface area contributed by atoms with Gasteiger partial charge in [-0.1, -0.05) is 12.1 Å². The number of carbonyl (C=O) groups excluding carboxylic acids is 1. The standard InChI is InChI=1S/C13H13NO3S2/c1-19(16,17)12-4-2-9(3-5-12)10-6-11(18-8-10)7-13(14)15/h2-6,8H,7H2,1H3,(H2,14,15). The Balaban J connectivity index is 2.27. The van der Waals surface area contributed by atoms with Gasteiger partial charge in [0.2, 0.25) is 5.91 Å². The lowest BCUT2D eigenvalue weighted by molar-refractivity contribution is -0.117. The highest BCUT2D eigenvalue weighted by molar-refractivity contribution is 7.90. The molecule has 1 amide bonds. The van der Waals surface area contributed by atoms with Gasteiger partial charge in [0, 0.05) is 11.1 Å². The van der Waals surface area contributed by atoms with Crippen molar-refractivity contribution in [3.05, 3.63) is 40.6 Å². The summed E-state index contributed by atoms with van der Waals surface area (Å²) < 4.78 is 22.7. The van der Waals surface area contributed by atoms with Gasteiger partial charge >= 0.3 is 0 Å². The summed E-state index contributed by atoms with van der Waals surface area (Å²) in [6.07, 6.45) is 1.41. The molecule has 19 heavy (non-hydrogen) atoms. The number of nitrogens with two attached hydrogens (primary N) is 1. The summed E-state index contributed by atoms with van der Waals surface area (Å²) in [6, 6.07) is 8.57. The van der Waals surface area contributed by atoms with Gasteiger partial charge in [-0.05, 0) is 34.7 Å². The molecule has 0 spiro atoms. The fourth-order valence-corrected chi connectivity index (χ4v) is 3.22. The number of thiophene rings is 1. The molecule has 0 aliphatic carbocycles. The van der Waals surface area contributed by atoms with E-state index in [-0.39, 0.29) is 12.3 Å². The number of primary amides is 1. The minimum atomic E-state index is -3.17. The summed E-state index contributed by atoms with van der Waals surface area (Å²) in [4.78, 5) is 12.0. The molecule has 6 heteroatoms. The molecule has 0 saturated carbocycles. The lowest BCUT2D eigenvalue weighted by atomic mass is 10.1. The van der Waals surface area contributed by atoms with Crippen molar-refractivity contribution in [2.75, 3.05) is 6.26 Å². The molecular weight excluding hydrogens is 282 g/mol. The number of benzene rings is 1. The monoisotopic (exact) mass is 295 g/mol. The molecule has 1 aromatic heterocycles. The number of amides is 1. The average Bonchev–Trinajstić information content (AvgIpc) is 2.75. The number of hydrogen-bond acceptors (Lipinski definition) is 4. The molecule has 2 rings (SSSR count). The van der Waals surface area contributed by atoms with Gasteiger partial charge in [-0.3, -0.25) is 4.79 Å². The van der Waals surface area contributed by atoms with Crippen molar-refractivity contribution in [3.8, 4) is 11.1 Å². The van der Waals surface area contributed by atoms with Crippen LogP contribution in [0.5, 0.6) is 0 Å². The minimum Gasteiger partial charge on any atom is -0.369 e. The van der Waals surface area contributed by atoms with E-state index in [0.29, 0.717) is 4.90 Å². The molecule has 100 valence electrons. The molecule has 2 aromatic rings. The van der Waals surface area contributed by atoms with Crippen molar-refractivity contribution < 1.29 is 13.2 Å². The van der Waals surface area contributed by atoms with Crippen molar-refractivity contribution in [1.29, 1.82) is 0 Å². The van der Waals surface area contributed by atoms with Crippen molar-refractivity contribution in [2.24, 2.45) is 5.73 Å². The first-order chi connectivity index (χ1) is 8.86. The van der Waals surface area contributed by atoms with Crippen molar-refractivity contribution in [3.63, 3.8) is 0 Å². The molecule has 2 N–H and O–H groups in total. The maximum Gasteiger partial charge on any atom is 0.222 e. The van der Waals surface area contributed by atoms with Crippen LogP contribution in [0.15, 0.2) is 40.6 Å². The van der Waals surface area contributed by atoms with Crippen LogP contribution >= 0.6 is 11.3 Å². The predicted octanol–water partition coefficient (Wildman–Crippen LogP) is 1.85. The molecule has 0 unspecified atom stereocenters. The highest BCUT2D eigenvalue weighted by Crippen LogP contribution is 2.26. The van der Waals surface area contributed by atoms with E-state index in [1.54, 1.807) is 24.3 Å². The van der Waals surface area contributed by atoms with E-state index in [1.807, 2.05) is 11.4 Å². The molecule has 4 nitrogen and oxygen atoms in total. The molecule has 0 radical (unpaired) electrons. The summed E-state index contributed by atoms with van der Waals surface area (Å²) >= 11 is 1.46. The summed E-state index contributed by atoms with van der Waals surface area (Å²) in [5.74, 6) is -0.360. The van der Waals surface area contributed by atoms with Crippen LogP contribution in [-0.4, -0.2) is 20.6 Å². The lowest BCUT2D eigenvalue weighted by Gasteiger charge is -2.00. The molecule has 1 heterocycles. The number of carbonyl (C=O) groups is 1. The Morgan fingerprint density at radius 1 is 1.21 bits per heavy atom. The smallest absolute Gasteiger partial charge is 0.222 e. The average molecular weight is 295 g/mol. The third kappa shape index (κ3) is 3.42. The van der Waals surface area contributed by atoms with Crippen molar-refractivity contribution in [1.82, 2.24) is 0 Å². The Bertz CT molecular complexity index is 700. The molecule has 1 aromatic carbocycles. The topological polar surface area (TPSA) is 77.2 Å². The van der Waals surface area contributed by atoms with Gasteiger partial charge in [0.15, 0.2) is 9.84 Å². The van der Waals surface area contributed by atoms with Crippen LogP contribution in [0.3, 0.4) is 0 Å². The summed E-state index contributed by atoms with van der Waals surface area (Å²) in [7, 11) is -3.17. The van der Waals surface area contributed by atoms with Gasteiger partial charge in [0.1, 0.15) is 0 Å². The third-order valence-corrected chi connectivity index (χ3v) is 4.68. The maximum atomic E-state index is 11.4. The van der Waals surface area contributed by atoms with Crippen molar-refractivity contribution >= 4 is 27.1 Å². The molecule has 0 aliphatic heterocycles. The van der Waals surface area contributed by atoms with Gasteiger partial charge < -0.3 is 5.73 Å². The lowest BCUT2D eigenvalue weighted by Crippen LogP contribution is -2.12. The molecule has 0 bridgehead atoms. The van der Waals surface area contributed by atoms with E-state index in [2.05, 4.69) is 0 Å². The minimum absolute atomic E-state index is 0.228. The first-order valence-electron chi connectivity index (χ1n) is 5.52. The summed E-state index contributed by atoms with van der Waals surface area (Å²) in [5, 5.41) is 1.92. The zero-order valence-corrected chi connectivity index (χ0v) is 11.9. The quantitative estimate of drug-likeness (QED) is 0.935. The van der Waals surface area contributed by atoms with E-state index < -0.39 is 9.84 Å². The van der Waals surface area contributed by atoms with Crippen LogP contribution in [0.2, 0.25) is 0 Å². The molecule has 0 aliphatic rings. The Labute approximate surface area is 115 Å². The fraction of sp³-hybridized carbons (Fsp3) is 0.154. The van der Waals surface area contributed by atoms with Crippen LogP contribution in [-0.2, 0) is 21.1 Å². The zero-order valence-electron chi connectivity index (χ0n) is 10.3. The zero-order chi connectivity index (χ0) is 14.0. The molecule has 0 fully saturated rings. The second-order valence-electron chi connectivity index (χ2n) is 4.24. The van der Waals surface area contributed by atoms with E-state index >= 15 is 0 Å². The van der Waals surface area contributed by atoms with Gasteiger partial charge in [0.05, 0.1) is 11.3 Å². The number of sulfone groups is 1. The largest absolute Gasteiger partial charge is 0.369 e. The Hall–Kier alpha value is -1.66. The summed E-state index contributed by atoms with van der Waals surface area (Å²) in [5.41, 5.74) is 7.02. The van der Waals surface area contributed by atoms with Crippen LogP contribution in [0.4, 0.5) is 0 Å². The van der Waals surface area contributed by atoms with E-state index in [9.17, 15) is 13.2 Å². The summed E-state index contributed by atoms with van der Waals surface area (Å²) in [6.45, 7) is 0. The molecule has 0 atom stereocenters. The molecular formula is C13H13NO3S2. The van der Waals surface area contributed by atoms with E-state index in [0.717, 1.165) is 16.0 Å². The van der Waals surface area contributed by atoms with E-state index in [1.165, 1.54) is 17.6 Å². The van der Waals surface area contributed by atoms with Gasteiger partial charge in [-0.15, -0.1) is 11.3 Å².